The third-order valence-corrected chi connectivity index (χ3v) is 1.29. The van der Waals surface area contributed by atoms with E-state index in [0.29, 0.717) is 0 Å². The van der Waals surface area contributed by atoms with Crippen molar-refractivity contribution in [3.05, 3.63) is 29.0 Å². The van der Waals surface area contributed by atoms with Crippen molar-refractivity contribution in [3.63, 3.8) is 0 Å². The molecule has 6 heteroatoms. The van der Waals surface area contributed by atoms with E-state index in [-0.39, 0.29) is 10.7 Å². The molecule has 1 aromatic heterocycles. The number of carboxylic acid groups (broad SMARTS) is 1. The molecule has 12 heavy (non-hydrogen) atoms. The highest BCUT2D eigenvalue weighted by molar-refractivity contribution is 6.32. The fourth-order valence-electron chi connectivity index (χ4n) is 0.546. The zero-order valence-corrected chi connectivity index (χ0v) is 6.82. The summed E-state index contributed by atoms with van der Waals surface area (Å²) < 4.78 is 0. The summed E-state index contributed by atoms with van der Waals surface area (Å²) in [5.74, 6) is 6.94. The van der Waals surface area contributed by atoms with E-state index >= 15 is 0 Å². The maximum absolute atomic E-state index is 10.3. The molecule has 66 valence electrons. The normalized spacial score (nSPS) is 8.25. The van der Waals surface area contributed by atoms with Gasteiger partial charge in [0.15, 0.2) is 0 Å². The smallest absolute Gasteiger partial charge is 0.338 e. The van der Waals surface area contributed by atoms with Crippen LogP contribution in [-0.4, -0.2) is 16.1 Å². The molecule has 1 aromatic rings. The van der Waals surface area contributed by atoms with Crippen molar-refractivity contribution >= 4 is 17.6 Å². The Kier molecular flexibility index (Phi) is 4.94. The highest BCUT2D eigenvalue weighted by Gasteiger charge is 2.06. The molecule has 1 rings (SSSR count). The summed E-state index contributed by atoms with van der Waals surface area (Å²) in [5.41, 5.74) is 0.0316. The van der Waals surface area contributed by atoms with Gasteiger partial charge >= 0.3 is 5.97 Å². The molecule has 0 spiro atoms. The molecule has 0 aromatic carbocycles. The lowest BCUT2D eigenvalue weighted by Crippen LogP contribution is -2.02. The minimum Gasteiger partial charge on any atom is -0.478 e. The highest BCUT2D eigenvalue weighted by Crippen LogP contribution is 2.10. The summed E-state index contributed by atoms with van der Waals surface area (Å²) in [6, 6.07) is 2.92. The molecule has 0 saturated heterocycles. The Morgan fingerprint density at radius 3 is 2.50 bits per heavy atom. The Morgan fingerprint density at radius 2 is 2.17 bits per heavy atom. The molecule has 1 heterocycles. The number of hydrazine groups is 1. The second-order valence-electron chi connectivity index (χ2n) is 1.65. The maximum atomic E-state index is 10.3. The number of hydrogen-bond acceptors (Lipinski definition) is 4. The Labute approximate surface area is 73.9 Å². The first-order chi connectivity index (χ1) is 5.72. The van der Waals surface area contributed by atoms with Gasteiger partial charge in [-0.05, 0) is 12.1 Å². The predicted molar refractivity (Wildman–Crippen MR) is 44.6 cm³/mol. The topological polar surface area (TPSA) is 102 Å². The lowest BCUT2D eigenvalue weighted by Gasteiger charge is -1.93. The molecule has 0 unspecified atom stereocenters. The molecule has 0 atom stereocenters. The minimum absolute atomic E-state index is 0.0231. The lowest BCUT2D eigenvalue weighted by atomic mass is 10.3. The van der Waals surface area contributed by atoms with Crippen LogP contribution in [0.5, 0.6) is 0 Å². The summed E-state index contributed by atoms with van der Waals surface area (Å²) in [6.45, 7) is 0. The van der Waals surface area contributed by atoms with E-state index in [1.807, 2.05) is 0 Å². The van der Waals surface area contributed by atoms with E-state index in [0.717, 1.165) is 0 Å². The van der Waals surface area contributed by atoms with Crippen LogP contribution in [0.1, 0.15) is 10.4 Å². The Balaban J connectivity index is 0.000000561. The van der Waals surface area contributed by atoms with Crippen molar-refractivity contribution in [1.29, 1.82) is 0 Å². The number of halogens is 1. The quantitative estimate of drug-likeness (QED) is 0.334. The van der Waals surface area contributed by atoms with E-state index in [2.05, 4.69) is 16.7 Å². The number of nitrogens with two attached hydrogens (primary N) is 2. The van der Waals surface area contributed by atoms with E-state index in [4.69, 9.17) is 16.7 Å². The van der Waals surface area contributed by atoms with Gasteiger partial charge in [0, 0.05) is 6.20 Å². The average Bonchev–Trinajstić information content (AvgIpc) is 2.08. The molecule has 0 amide bonds. The number of aromatic carboxylic acids is 1. The van der Waals surface area contributed by atoms with Crippen LogP contribution >= 0.6 is 11.6 Å². The van der Waals surface area contributed by atoms with Gasteiger partial charge in [-0.1, -0.05) is 11.6 Å². The van der Waals surface area contributed by atoms with E-state index in [1.165, 1.54) is 18.3 Å². The number of pyridine rings is 1. The van der Waals surface area contributed by atoms with Crippen LogP contribution in [0, 0.1) is 0 Å². The molecular formula is C6H8ClN3O2. The summed E-state index contributed by atoms with van der Waals surface area (Å²) in [7, 11) is 0. The van der Waals surface area contributed by atoms with Crippen molar-refractivity contribution in [2.45, 2.75) is 0 Å². The Hall–Kier alpha value is -1.17. The number of carbonyl (C=O) groups is 1. The number of carboxylic acids is 1. The zero-order chi connectivity index (χ0) is 9.56. The summed E-state index contributed by atoms with van der Waals surface area (Å²) in [6.07, 6.45) is 1.44. The SMILES string of the molecule is NN.O=C(O)c1cccnc1Cl. The molecular weight excluding hydrogens is 182 g/mol. The van der Waals surface area contributed by atoms with Crippen molar-refractivity contribution in [2.75, 3.05) is 0 Å². The summed E-state index contributed by atoms with van der Waals surface area (Å²) >= 11 is 5.43. The van der Waals surface area contributed by atoms with Crippen LogP contribution < -0.4 is 11.7 Å². The first-order valence-electron chi connectivity index (χ1n) is 2.89. The van der Waals surface area contributed by atoms with Gasteiger partial charge in [0.25, 0.3) is 0 Å². The molecule has 0 radical (unpaired) electrons. The molecule has 0 aliphatic heterocycles. The van der Waals surface area contributed by atoms with Crippen LogP contribution in [0.4, 0.5) is 0 Å². The third-order valence-electron chi connectivity index (χ3n) is 0.989. The van der Waals surface area contributed by atoms with Crippen LogP contribution in [0.25, 0.3) is 0 Å². The predicted octanol–water partition coefficient (Wildman–Crippen LogP) is 0.252. The van der Waals surface area contributed by atoms with Gasteiger partial charge in [-0.3, -0.25) is 11.7 Å². The molecule has 0 aliphatic rings. The Morgan fingerprint density at radius 1 is 1.58 bits per heavy atom. The van der Waals surface area contributed by atoms with Crippen molar-refractivity contribution in [2.24, 2.45) is 11.7 Å². The van der Waals surface area contributed by atoms with Gasteiger partial charge in [0.2, 0.25) is 0 Å². The van der Waals surface area contributed by atoms with E-state index in [1.54, 1.807) is 0 Å². The van der Waals surface area contributed by atoms with Crippen LogP contribution in [0.15, 0.2) is 18.3 Å². The molecule has 0 bridgehead atoms. The first kappa shape index (κ1) is 10.8. The molecule has 5 N–H and O–H groups in total. The summed E-state index contributed by atoms with van der Waals surface area (Å²) in [5, 5.41) is 8.46. The third kappa shape index (κ3) is 2.83. The van der Waals surface area contributed by atoms with Gasteiger partial charge in [-0.2, -0.15) is 0 Å². The van der Waals surface area contributed by atoms with Gasteiger partial charge in [-0.15, -0.1) is 0 Å². The lowest BCUT2D eigenvalue weighted by molar-refractivity contribution is 0.0696. The highest BCUT2D eigenvalue weighted by atomic mass is 35.5. The van der Waals surface area contributed by atoms with Gasteiger partial charge in [0.05, 0.1) is 5.56 Å². The first-order valence-corrected chi connectivity index (χ1v) is 3.27. The largest absolute Gasteiger partial charge is 0.478 e. The van der Waals surface area contributed by atoms with E-state index < -0.39 is 5.97 Å². The molecule has 0 aliphatic carbocycles. The fourth-order valence-corrected chi connectivity index (χ4v) is 0.746. The molecule has 5 nitrogen and oxygen atoms in total. The monoisotopic (exact) mass is 189 g/mol. The van der Waals surface area contributed by atoms with Gasteiger partial charge in [-0.25, -0.2) is 9.78 Å². The van der Waals surface area contributed by atoms with E-state index in [9.17, 15) is 4.79 Å². The Bertz CT molecular complexity index is 267. The van der Waals surface area contributed by atoms with Crippen LogP contribution in [0.2, 0.25) is 5.15 Å². The van der Waals surface area contributed by atoms with Gasteiger partial charge in [0.1, 0.15) is 5.15 Å². The molecule has 0 saturated carbocycles. The van der Waals surface area contributed by atoms with Crippen molar-refractivity contribution in [1.82, 2.24) is 4.98 Å². The number of hydrogen-bond donors (Lipinski definition) is 3. The zero-order valence-electron chi connectivity index (χ0n) is 6.07. The van der Waals surface area contributed by atoms with Crippen LogP contribution in [0.3, 0.4) is 0 Å². The van der Waals surface area contributed by atoms with Crippen molar-refractivity contribution < 1.29 is 9.90 Å². The second kappa shape index (κ2) is 5.48. The fraction of sp³-hybridized carbons (Fsp3) is 0. The average molecular weight is 190 g/mol. The van der Waals surface area contributed by atoms with Crippen LogP contribution in [-0.2, 0) is 0 Å². The summed E-state index contributed by atoms with van der Waals surface area (Å²) in [4.78, 5) is 13.9. The van der Waals surface area contributed by atoms with Crippen molar-refractivity contribution in [3.8, 4) is 0 Å². The number of rotatable bonds is 1. The number of aromatic nitrogens is 1. The van der Waals surface area contributed by atoms with Gasteiger partial charge < -0.3 is 5.11 Å². The minimum atomic E-state index is -1.06. The second-order valence-corrected chi connectivity index (χ2v) is 2.00. The number of nitrogens with zero attached hydrogens (tertiary/aromatic N) is 1. The maximum Gasteiger partial charge on any atom is 0.338 e. The molecule has 0 fully saturated rings. The standard InChI is InChI=1S/C6H4ClNO2.H4N2/c7-5-4(6(9)10)2-1-3-8-5;1-2/h1-3H,(H,9,10);1-2H2.